The first kappa shape index (κ1) is 15.8. The van der Waals surface area contributed by atoms with Crippen molar-refractivity contribution in [3.63, 3.8) is 0 Å². The molecule has 1 aliphatic carbocycles. The number of anilines is 1. The van der Waals surface area contributed by atoms with E-state index in [0.29, 0.717) is 23.1 Å². The lowest BCUT2D eigenvalue weighted by Gasteiger charge is -2.19. The van der Waals surface area contributed by atoms with Crippen LogP contribution in [-0.2, 0) is 9.47 Å². The summed E-state index contributed by atoms with van der Waals surface area (Å²) in [6.07, 6.45) is 1.60. The van der Waals surface area contributed by atoms with E-state index in [0.717, 1.165) is 18.4 Å². The Hall–Kier alpha value is -1.56. The van der Waals surface area contributed by atoms with Crippen molar-refractivity contribution in [1.82, 2.24) is 0 Å². The molecule has 5 nitrogen and oxygen atoms in total. The van der Waals surface area contributed by atoms with E-state index < -0.39 is 11.7 Å². The molecule has 1 aliphatic rings. The molecule has 2 rings (SSSR count). The lowest BCUT2D eigenvalue weighted by atomic mass is 10.1. The molecule has 1 heterocycles. The van der Waals surface area contributed by atoms with E-state index in [-0.39, 0.29) is 5.97 Å². The number of hydrogen-bond acceptors (Lipinski definition) is 5. The van der Waals surface area contributed by atoms with Crippen molar-refractivity contribution in [2.75, 3.05) is 11.9 Å². The fourth-order valence-electron chi connectivity index (χ4n) is 1.97. The number of esters is 1. The Morgan fingerprint density at radius 1 is 1.38 bits per heavy atom. The summed E-state index contributed by atoms with van der Waals surface area (Å²) in [6, 6.07) is 0. The molecule has 116 valence electrons. The minimum atomic E-state index is -0.579. The summed E-state index contributed by atoms with van der Waals surface area (Å²) in [5.74, 6) is 0.0292. The van der Waals surface area contributed by atoms with E-state index in [1.54, 1.807) is 27.7 Å². The first-order valence-electron chi connectivity index (χ1n) is 7.10. The molecule has 0 atom stereocenters. The zero-order valence-electron chi connectivity index (χ0n) is 12.8. The predicted octanol–water partition coefficient (Wildman–Crippen LogP) is 4.15. The summed E-state index contributed by atoms with van der Waals surface area (Å²) < 4.78 is 10.3. The molecule has 0 radical (unpaired) electrons. The van der Waals surface area contributed by atoms with Gasteiger partial charge in [0.15, 0.2) is 0 Å². The third-order valence-electron chi connectivity index (χ3n) is 2.93. The summed E-state index contributed by atoms with van der Waals surface area (Å²) in [4.78, 5) is 24.0. The predicted molar refractivity (Wildman–Crippen MR) is 82.1 cm³/mol. The number of carbonyl (C=O) groups excluding carboxylic acids is 2. The molecule has 0 bridgehead atoms. The highest BCUT2D eigenvalue weighted by Crippen LogP contribution is 2.46. The van der Waals surface area contributed by atoms with Crippen molar-refractivity contribution in [2.45, 2.75) is 52.1 Å². The molecule has 0 aromatic carbocycles. The van der Waals surface area contributed by atoms with Crippen LogP contribution in [0.2, 0.25) is 0 Å². The van der Waals surface area contributed by atoms with E-state index in [1.165, 1.54) is 11.3 Å². The van der Waals surface area contributed by atoms with E-state index in [1.807, 2.05) is 5.38 Å². The summed E-state index contributed by atoms with van der Waals surface area (Å²) in [6.45, 7) is 7.46. The van der Waals surface area contributed by atoms with Crippen LogP contribution in [0.5, 0.6) is 0 Å². The van der Waals surface area contributed by atoms with Crippen LogP contribution in [0.25, 0.3) is 0 Å². The highest BCUT2D eigenvalue weighted by Gasteiger charge is 2.32. The van der Waals surface area contributed by atoms with Crippen LogP contribution >= 0.6 is 11.3 Å². The Morgan fingerprint density at radius 2 is 2.05 bits per heavy atom. The van der Waals surface area contributed by atoms with Crippen LogP contribution in [0.15, 0.2) is 5.38 Å². The molecule has 1 aromatic rings. The van der Waals surface area contributed by atoms with Crippen molar-refractivity contribution < 1.29 is 19.1 Å². The van der Waals surface area contributed by atoms with Gasteiger partial charge in [-0.15, -0.1) is 11.3 Å². The highest BCUT2D eigenvalue weighted by atomic mass is 32.1. The fraction of sp³-hybridized carbons (Fsp3) is 0.600. The van der Waals surface area contributed by atoms with Crippen LogP contribution < -0.4 is 5.32 Å². The molecular weight excluding hydrogens is 290 g/mol. The normalized spacial score (nSPS) is 14.7. The van der Waals surface area contributed by atoms with Gasteiger partial charge < -0.3 is 9.47 Å². The summed E-state index contributed by atoms with van der Waals surface area (Å²) in [7, 11) is 0. The average molecular weight is 311 g/mol. The maximum Gasteiger partial charge on any atom is 0.412 e. The Bertz CT molecular complexity index is 540. The minimum absolute atomic E-state index is 0.310. The number of thiophene rings is 1. The highest BCUT2D eigenvalue weighted by molar-refractivity contribution is 7.15. The largest absolute Gasteiger partial charge is 0.462 e. The quantitative estimate of drug-likeness (QED) is 0.848. The van der Waals surface area contributed by atoms with Crippen molar-refractivity contribution in [3.8, 4) is 0 Å². The number of carbonyl (C=O) groups is 2. The summed E-state index contributed by atoms with van der Waals surface area (Å²) >= 11 is 1.34. The van der Waals surface area contributed by atoms with Gasteiger partial charge >= 0.3 is 12.1 Å². The third-order valence-corrected chi connectivity index (χ3v) is 3.84. The number of amides is 1. The number of ether oxygens (including phenoxy) is 2. The first-order valence-corrected chi connectivity index (χ1v) is 7.98. The van der Waals surface area contributed by atoms with Gasteiger partial charge in [0.1, 0.15) is 10.6 Å². The Kier molecular flexibility index (Phi) is 4.56. The number of hydrogen-bond donors (Lipinski definition) is 1. The Morgan fingerprint density at radius 3 is 2.57 bits per heavy atom. The van der Waals surface area contributed by atoms with Crippen LogP contribution in [0, 0.1) is 0 Å². The topological polar surface area (TPSA) is 64.6 Å². The van der Waals surface area contributed by atoms with Crippen molar-refractivity contribution in [2.24, 2.45) is 0 Å². The number of rotatable bonds is 4. The molecule has 1 fully saturated rings. The molecule has 0 aliphatic heterocycles. The van der Waals surface area contributed by atoms with Gasteiger partial charge in [0.05, 0.1) is 12.2 Å². The van der Waals surface area contributed by atoms with Gasteiger partial charge in [0.2, 0.25) is 0 Å². The van der Waals surface area contributed by atoms with Crippen molar-refractivity contribution in [3.05, 3.63) is 16.5 Å². The SMILES string of the molecule is CCOC(=O)c1c(C2CC2)csc1NC(=O)OC(C)(C)C. The second kappa shape index (κ2) is 6.05. The molecule has 1 aromatic heterocycles. The fourth-order valence-corrected chi connectivity index (χ4v) is 2.98. The van der Waals surface area contributed by atoms with Gasteiger partial charge in [0.25, 0.3) is 0 Å². The second-order valence-corrected chi connectivity index (χ2v) is 6.90. The Labute approximate surface area is 128 Å². The first-order chi connectivity index (χ1) is 9.81. The molecule has 0 unspecified atom stereocenters. The zero-order chi connectivity index (χ0) is 15.6. The van der Waals surface area contributed by atoms with Crippen LogP contribution in [0.1, 0.15) is 62.4 Å². The monoisotopic (exact) mass is 311 g/mol. The lowest BCUT2D eigenvalue weighted by molar-refractivity contribution is 0.0527. The van der Waals surface area contributed by atoms with Gasteiger partial charge in [-0.05, 0) is 57.4 Å². The number of nitrogens with one attached hydrogen (secondary N) is 1. The van der Waals surface area contributed by atoms with Crippen LogP contribution in [0.4, 0.5) is 9.80 Å². The maximum atomic E-state index is 12.1. The molecule has 0 spiro atoms. The van der Waals surface area contributed by atoms with Gasteiger partial charge in [0, 0.05) is 0 Å². The molecular formula is C15H21NO4S. The van der Waals surface area contributed by atoms with Gasteiger partial charge in [-0.25, -0.2) is 9.59 Å². The van der Waals surface area contributed by atoms with Crippen LogP contribution in [-0.4, -0.2) is 24.3 Å². The van der Waals surface area contributed by atoms with E-state index in [4.69, 9.17) is 9.47 Å². The Balaban J connectivity index is 2.19. The van der Waals surface area contributed by atoms with Gasteiger partial charge in [-0.2, -0.15) is 0 Å². The second-order valence-electron chi connectivity index (χ2n) is 6.02. The molecule has 1 saturated carbocycles. The molecule has 21 heavy (non-hydrogen) atoms. The van der Waals surface area contributed by atoms with Crippen molar-refractivity contribution >= 4 is 28.4 Å². The molecule has 0 saturated heterocycles. The van der Waals surface area contributed by atoms with Gasteiger partial charge in [-0.3, -0.25) is 5.32 Å². The van der Waals surface area contributed by atoms with Crippen molar-refractivity contribution in [1.29, 1.82) is 0 Å². The molecule has 1 amide bonds. The van der Waals surface area contributed by atoms with E-state index in [2.05, 4.69) is 5.32 Å². The lowest BCUT2D eigenvalue weighted by Crippen LogP contribution is -2.27. The third kappa shape index (κ3) is 4.20. The van der Waals surface area contributed by atoms with Gasteiger partial charge in [-0.1, -0.05) is 0 Å². The molecule has 1 N–H and O–H groups in total. The smallest absolute Gasteiger partial charge is 0.412 e. The molecule has 6 heteroatoms. The minimum Gasteiger partial charge on any atom is -0.462 e. The van der Waals surface area contributed by atoms with Crippen LogP contribution in [0.3, 0.4) is 0 Å². The summed E-state index contributed by atoms with van der Waals surface area (Å²) in [5, 5.41) is 5.10. The maximum absolute atomic E-state index is 12.1. The van der Waals surface area contributed by atoms with E-state index in [9.17, 15) is 9.59 Å². The summed E-state index contributed by atoms with van der Waals surface area (Å²) in [5.41, 5.74) is 0.879. The zero-order valence-corrected chi connectivity index (χ0v) is 13.6. The van der Waals surface area contributed by atoms with E-state index >= 15 is 0 Å². The standard InChI is InChI=1S/C15H21NO4S/c1-5-19-13(17)11-10(9-6-7-9)8-21-12(11)16-14(18)20-15(2,3)4/h8-9H,5-7H2,1-4H3,(H,16,18). The average Bonchev–Trinajstić information content (AvgIpc) is 3.09.